The van der Waals surface area contributed by atoms with Crippen LogP contribution in [0.2, 0.25) is 0 Å². The lowest BCUT2D eigenvalue weighted by Gasteiger charge is -2.27. The average molecular weight is 473 g/mol. The molecule has 0 bridgehead atoms. The molecular formula is C25H33BrN2O2. The molecule has 4 nitrogen and oxygen atoms in total. The van der Waals surface area contributed by atoms with Gasteiger partial charge in [0.05, 0.1) is 6.61 Å². The second kappa shape index (κ2) is 12.6. The number of rotatable bonds is 14. The van der Waals surface area contributed by atoms with Gasteiger partial charge in [-0.2, -0.15) is 0 Å². The van der Waals surface area contributed by atoms with Crippen molar-refractivity contribution in [3.8, 4) is 5.75 Å². The molecule has 0 spiro atoms. The van der Waals surface area contributed by atoms with Crippen LogP contribution in [0.5, 0.6) is 5.75 Å². The summed E-state index contributed by atoms with van der Waals surface area (Å²) in [5.41, 5.74) is 6.68. The Labute approximate surface area is 189 Å². The van der Waals surface area contributed by atoms with Gasteiger partial charge in [-0.3, -0.25) is 0 Å². The minimum Gasteiger partial charge on any atom is -0.494 e. The lowest BCUT2D eigenvalue weighted by molar-refractivity contribution is 0.135. The monoisotopic (exact) mass is 472 g/mol. The number of hydrogen-bond donors (Lipinski definition) is 3. The Bertz CT molecular complexity index is 807. The summed E-state index contributed by atoms with van der Waals surface area (Å²) in [6.07, 6.45) is 8.96. The summed E-state index contributed by atoms with van der Waals surface area (Å²) < 4.78 is 6.79. The first-order chi connectivity index (χ1) is 14.5. The van der Waals surface area contributed by atoms with Crippen molar-refractivity contribution < 1.29 is 9.84 Å². The number of hydrogen-bond acceptors (Lipinski definition) is 4. The van der Waals surface area contributed by atoms with E-state index >= 15 is 0 Å². The molecule has 0 saturated heterocycles. The molecule has 2 rings (SSSR count). The maximum Gasteiger partial charge on any atom is 0.135 e. The zero-order chi connectivity index (χ0) is 21.8. The summed E-state index contributed by atoms with van der Waals surface area (Å²) in [6.45, 7) is 10.2. The predicted octanol–water partition coefficient (Wildman–Crippen LogP) is 5.56. The quantitative estimate of drug-likeness (QED) is 0.191. The highest BCUT2D eigenvalue weighted by molar-refractivity contribution is 9.10. The number of halogens is 1. The van der Waals surface area contributed by atoms with Gasteiger partial charge in [0.2, 0.25) is 0 Å². The number of benzene rings is 2. The van der Waals surface area contributed by atoms with E-state index in [1.807, 2.05) is 42.5 Å². The van der Waals surface area contributed by atoms with Gasteiger partial charge in [-0.15, -0.1) is 6.58 Å². The second-order valence-corrected chi connectivity index (χ2v) is 8.23. The third-order valence-electron chi connectivity index (χ3n) is 5.06. The topological polar surface area (TPSA) is 67.5 Å². The van der Waals surface area contributed by atoms with E-state index in [0.29, 0.717) is 29.2 Å². The third-order valence-corrected chi connectivity index (χ3v) is 5.58. The molecule has 0 aromatic heterocycles. The number of nitrogens with one attached hydrogen (secondary N) is 1. The second-order valence-electron chi connectivity index (χ2n) is 7.32. The molecule has 0 saturated carbocycles. The normalized spacial score (nSPS) is 12.9. The Hall–Kier alpha value is -2.08. The van der Waals surface area contributed by atoms with Crippen molar-refractivity contribution in [3.63, 3.8) is 0 Å². The van der Waals surface area contributed by atoms with Crippen LogP contribution < -0.4 is 15.8 Å². The van der Waals surface area contributed by atoms with Gasteiger partial charge < -0.3 is 20.9 Å². The first-order valence-electron chi connectivity index (χ1n) is 10.5. The van der Waals surface area contributed by atoms with Gasteiger partial charge >= 0.3 is 0 Å². The maximum absolute atomic E-state index is 11.2. The van der Waals surface area contributed by atoms with Crippen LogP contribution in [0.25, 0.3) is 0 Å². The van der Waals surface area contributed by atoms with E-state index in [4.69, 9.17) is 10.5 Å². The van der Waals surface area contributed by atoms with Crippen LogP contribution in [0.15, 0.2) is 72.2 Å². The number of unbranched alkanes of at least 4 members (excludes halogenated alkanes) is 3. The zero-order valence-corrected chi connectivity index (χ0v) is 19.2. The van der Waals surface area contributed by atoms with Crippen LogP contribution in [-0.2, 0) is 5.60 Å². The van der Waals surface area contributed by atoms with Gasteiger partial charge in [-0.1, -0.05) is 59.6 Å². The third kappa shape index (κ3) is 7.01. The van der Waals surface area contributed by atoms with Gasteiger partial charge in [0.1, 0.15) is 11.4 Å². The maximum atomic E-state index is 11.2. The van der Waals surface area contributed by atoms with Crippen molar-refractivity contribution in [2.24, 2.45) is 0 Å². The van der Waals surface area contributed by atoms with E-state index in [2.05, 4.69) is 34.4 Å². The molecule has 1 unspecified atom stereocenters. The van der Waals surface area contributed by atoms with E-state index in [0.717, 1.165) is 36.8 Å². The molecule has 2 aromatic carbocycles. The predicted molar refractivity (Wildman–Crippen MR) is 130 cm³/mol. The van der Waals surface area contributed by atoms with Gasteiger partial charge in [0.15, 0.2) is 0 Å². The number of anilines is 1. The fourth-order valence-electron chi connectivity index (χ4n) is 3.29. The smallest absolute Gasteiger partial charge is 0.135 e. The molecule has 4 N–H and O–H groups in total. The van der Waals surface area contributed by atoms with Crippen molar-refractivity contribution in [2.45, 2.75) is 37.7 Å². The Kier molecular flexibility index (Phi) is 10.1. The number of nitrogen functional groups attached to an aromatic ring is 1. The highest BCUT2D eigenvalue weighted by Gasteiger charge is 2.30. The number of nitrogens with two attached hydrogens (primary N) is 1. The summed E-state index contributed by atoms with van der Waals surface area (Å²) in [4.78, 5) is 0. The van der Waals surface area contributed by atoms with Crippen LogP contribution in [-0.4, -0.2) is 24.8 Å². The van der Waals surface area contributed by atoms with E-state index in [1.54, 1.807) is 6.07 Å². The molecular weight excluding hydrogens is 440 g/mol. The first-order valence-corrected chi connectivity index (χ1v) is 11.3. The Morgan fingerprint density at radius 3 is 2.43 bits per heavy atom. The molecule has 0 aliphatic rings. The first kappa shape index (κ1) is 24.2. The lowest BCUT2D eigenvalue weighted by atomic mass is 9.85. The molecule has 0 radical (unpaired) electrons. The SMILES string of the molecule is C=CCCNCCCCCCOc1ccc(C(O)(C=C)c2ccc(Br)cc2)c(N)c1. The van der Waals surface area contributed by atoms with E-state index in [9.17, 15) is 5.11 Å². The number of aliphatic hydroxyl groups is 1. The minimum atomic E-state index is -1.36. The fourth-order valence-corrected chi connectivity index (χ4v) is 3.55. The molecule has 0 aliphatic heterocycles. The van der Waals surface area contributed by atoms with Crippen molar-refractivity contribution in [1.29, 1.82) is 0 Å². The molecule has 5 heteroatoms. The van der Waals surface area contributed by atoms with Crippen molar-refractivity contribution >= 4 is 21.6 Å². The fraction of sp³-hybridized carbons (Fsp3) is 0.360. The summed E-state index contributed by atoms with van der Waals surface area (Å²) in [5.74, 6) is 0.713. The average Bonchev–Trinajstić information content (AvgIpc) is 2.75. The highest BCUT2D eigenvalue weighted by atomic mass is 79.9. The van der Waals surface area contributed by atoms with Crippen molar-refractivity contribution in [2.75, 3.05) is 25.4 Å². The minimum absolute atomic E-state index is 0.475. The standard InChI is InChI=1S/C25H33BrN2O2/c1-3-5-16-28-17-8-6-7-9-18-30-22-14-15-23(24(27)19-22)25(29,4-2)20-10-12-21(26)13-11-20/h3-4,10-15,19,28-29H,1-2,5-9,16-18,27H2. The number of ether oxygens (including phenoxy) is 1. The van der Waals surface area contributed by atoms with Crippen LogP contribution in [0.3, 0.4) is 0 Å². The van der Waals surface area contributed by atoms with Crippen molar-refractivity contribution in [3.05, 3.63) is 83.4 Å². The molecule has 30 heavy (non-hydrogen) atoms. The summed E-state index contributed by atoms with van der Waals surface area (Å²) >= 11 is 3.42. The lowest BCUT2D eigenvalue weighted by Crippen LogP contribution is -2.25. The molecule has 0 aliphatic carbocycles. The van der Waals surface area contributed by atoms with Crippen LogP contribution in [0.1, 0.15) is 43.2 Å². The van der Waals surface area contributed by atoms with Gasteiger partial charge in [-0.05, 0) is 62.2 Å². The van der Waals surface area contributed by atoms with Gasteiger partial charge in [0, 0.05) is 21.8 Å². The Morgan fingerprint density at radius 2 is 1.77 bits per heavy atom. The summed E-state index contributed by atoms with van der Waals surface area (Å²) in [6, 6.07) is 12.9. The van der Waals surface area contributed by atoms with Crippen LogP contribution in [0.4, 0.5) is 5.69 Å². The molecule has 162 valence electrons. The van der Waals surface area contributed by atoms with Gasteiger partial charge in [0.25, 0.3) is 0 Å². The molecule has 0 fully saturated rings. The Balaban J connectivity index is 1.84. The largest absolute Gasteiger partial charge is 0.494 e. The van der Waals surface area contributed by atoms with E-state index in [-0.39, 0.29) is 0 Å². The summed E-state index contributed by atoms with van der Waals surface area (Å²) in [7, 11) is 0. The van der Waals surface area contributed by atoms with Crippen molar-refractivity contribution in [1.82, 2.24) is 5.32 Å². The van der Waals surface area contributed by atoms with E-state index < -0.39 is 5.60 Å². The molecule has 0 heterocycles. The van der Waals surface area contributed by atoms with Gasteiger partial charge in [-0.25, -0.2) is 0 Å². The molecule has 2 aromatic rings. The molecule has 0 amide bonds. The van der Waals surface area contributed by atoms with E-state index in [1.165, 1.54) is 18.9 Å². The summed E-state index contributed by atoms with van der Waals surface area (Å²) in [5, 5.41) is 14.6. The Morgan fingerprint density at radius 1 is 1.03 bits per heavy atom. The highest BCUT2D eigenvalue weighted by Crippen LogP contribution is 2.36. The zero-order valence-electron chi connectivity index (χ0n) is 17.6. The van der Waals surface area contributed by atoms with Crippen LogP contribution in [0, 0.1) is 0 Å². The van der Waals surface area contributed by atoms with Crippen LogP contribution >= 0.6 is 15.9 Å². The molecule has 1 atom stereocenters.